The Balaban J connectivity index is 1.06. The second-order valence-electron chi connectivity index (χ2n) is 10.8. The standard InChI is InChI=1S/C32H36FN5O2/c1-40-26-12-10-24(11-13-26)22-38-30-9-5-3-7-28(30)34-31(38)23-35-16-14-25(15-17-35)32(39)37-20-18-36(19-21-37)29-8-4-2-6-27(29)33/h2-13,25H,14-23H2,1H3. The fourth-order valence-electron chi connectivity index (χ4n) is 6.01. The van der Waals surface area contributed by atoms with E-state index in [9.17, 15) is 9.18 Å². The third-order valence-corrected chi connectivity index (χ3v) is 8.32. The van der Waals surface area contributed by atoms with E-state index in [-0.39, 0.29) is 17.6 Å². The van der Waals surface area contributed by atoms with Gasteiger partial charge in [-0.2, -0.15) is 0 Å². The average Bonchev–Trinajstić information content (AvgIpc) is 3.34. The van der Waals surface area contributed by atoms with Gasteiger partial charge < -0.3 is 19.1 Å². The summed E-state index contributed by atoms with van der Waals surface area (Å²) in [6.45, 7) is 5.85. The van der Waals surface area contributed by atoms with Gasteiger partial charge in [0, 0.05) is 38.6 Å². The third kappa shape index (κ3) is 5.54. The number of aromatic nitrogens is 2. The first-order chi connectivity index (χ1) is 19.6. The summed E-state index contributed by atoms with van der Waals surface area (Å²) < 4.78 is 21.8. The number of rotatable bonds is 7. The first kappa shape index (κ1) is 26.3. The molecule has 0 radical (unpaired) electrons. The number of benzene rings is 3. The topological polar surface area (TPSA) is 53.8 Å². The number of hydrogen-bond donors (Lipinski definition) is 0. The zero-order valence-corrected chi connectivity index (χ0v) is 23.0. The van der Waals surface area contributed by atoms with Gasteiger partial charge in [0.15, 0.2) is 0 Å². The number of carbonyl (C=O) groups excluding carboxylic acids is 1. The molecule has 0 saturated carbocycles. The molecule has 2 aliphatic rings. The van der Waals surface area contributed by atoms with Crippen LogP contribution in [0.4, 0.5) is 10.1 Å². The summed E-state index contributed by atoms with van der Waals surface area (Å²) in [4.78, 5) is 24.8. The van der Waals surface area contributed by atoms with Crippen LogP contribution in [0.2, 0.25) is 0 Å². The largest absolute Gasteiger partial charge is 0.497 e. The molecule has 208 valence electrons. The summed E-state index contributed by atoms with van der Waals surface area (Å²) >= 11 is 0. The van der Waals surface area contributed by atoms with Crippen molar-refractivity contribution in [3.8, 4) is 5.75 Å². The van der Waals surface area contributed by atoms with Crippen LogP contribution in [0.3, 0.4) is 0 Å². The van der Waals surface area contributed by atoms with Gasteiger partial charge in [-0.3, -0.25) is 9.69 Å². The molecule has 8 heteroatoms. The van der Waals surface area contributed by atoms with Gasteiger partial charge in [-0.15, -0.1) is 0 Å². The number of para-hydroxylation sites is 3. The summed E-state index contributed by atoms with van der Waals surface area (Å²) in [6, 6.07) is 23.4. The second kappa shape index (κ2) is 11.7. The monoisotopic (exact) mass is 541 g/mol. The molecule has 6 rings (SSSR count). The van der Waals surface area contributed by atoms with Gasteiger partial charge in [0.25, 0.3) is 0 Å². The lowest BCUT2D eigenvalue weighted by molar-refractivity contribution is -0.137. The molecule has 0 N–H and O–H groups in total. The summed E-state index contributed by atoms with van der Waals surface area (Å²) in [6.07, 6.45) is 1.70. The molecule has 0 atom stereocenters. The van der Waals surface area contributed by atoms with Crippen molar-refractivity contribution in [1.82, 2.24) is 19.4 Å². The van der Waals surface area contributed by atoms with Gasteiger partial charge in [0.05, 0.1) is 30.4 Å². The zero-order chi connectivity index (χ0) is 27.5. The van der Waals surface area contributed by atoms with Crippen molar-refractivity contribution < 1.29 is 13.9 Å². The zero-order valence-electron chi connectivity index (χ0n) is 23.0. The molecule has 0 spiro atoms. The molecule has 1 aromatic heterocycles. The van der Waals surface area contributed by atoms with Gasteiger partial charge in [-0.1, -0.05) is 36.4 Å². The molecule has 40 heavy (non-hydrogen) atoms. The van der Waals surface area contributed by atoms with E-state index >= 15 is 0 Å². The Bertz CT molecular complexity index is 1450. The summed E-state index contributed by atoms with van der Waals surface area (Å²) in [5.41, 5.74) is 3.96. The minimum Gasteiger partial charge on any atom is -0.497 e. The summed E-state index contributed by atoms with van der Waals surface area (Å²) in [5.74, 6) is 2.00. The lowest BCUT2D eigenvalue weighted by Crippen LogP contribution is -2.51. The SMILES string of the molecule is COc1ccc(Cn2c(CN3CCC(C(=O)N4CCN(c5ccccc5F)CC4)CC3)nc3ccccc32)cc1. The predicted molar refractivity (Wildman–Crippen MR) is 155 cm³/mol. The van der Waals surface area contributed by atoms with Crippen LogP contribution in [0.1, 0.15) is 24.2 Å². The van der Waals surface area contributed by atoms with Crippen molar-refractivity contribution >= 4 is 22.6 Å². The number of imidazole rings is 1. The Morgan fingerprint density at radius 3 is 2.30 bits per heavy atom. The summed E-state index contributed by atoms with van der Waals surface area (Å²) in [7, 11) is 1.68. The molecule has 2 saturated heterocycles. The van der Waals surface area contributed by atoms with Gasteiger partial charge in [0.2, 0.25) is 5.91 Å². The fourth-order valence-corrected chi connectivity index (χ4v) is 6.01. The summed E-state index contributed by atoms with van der Waals surface area (Å²) in [5, 5.41) is 0. The number of halogens is 1. The van der Waals surface area contributed by atoms with E-state index in [4.69, 9.17) is 9.72 Å². The van der Waals surface area contributed by atoms with E-state index in [0.29, 0.717) is 31.9 Å². The van der Waals surface area contributed by atoms with Crippen LogP contribution in [-0.4, -0.2) is 71.6 Å². The highest BCUT2D eigenvalue weighted by Crippen LogP contribution is 2.26. The molecule has 0 bridgehead atoms. The van der Waals surface area contributed by atoms with E-state index in [1.165, 1.54) is 11.6 Å². The number of amides is 1. The van der Waals surface area contributed by atoms with Crippen LogP contribution in [0.25, 0.3) is 11.0 Å². The minimum atomic E-state index is -0.202. The van der Waals surface area contributed by atoms with Gasteiger partial charge >= 0.3 is 0 Å². The lowest BCUT2D eigenvalue weighted by atomic mass is 9.95. The number of fused-ring (bicyclic) bond motifs is 1. The Labute approximate surface area is 234 Å². The quantitative estimate of drug-likeness (QED) is 0.337. The highest BCUT2D eigenvalue weighted by Gasteiger charge is 2.31. The number of piperazine rings is 1. The Kier molecular flexibility index (Phi) is 7.68. The van der Waals surface area contributed by atoms with Crippen molar-refractivity contribution in [2.24, 2.45) is 5.92 Å². The molecule has 3 heterocycles. The van der Waals surface area contributed by atoms with Gasteiger partial charge in [-0.25, -0.2) is 9.37 Å². The third-order valence-electron chi connectivity index (χ3n) is 8.32. The number of methoxy groups -OCH3 is 1. The van der Waals surface area contributed by atoms with Crippen LogP contribution in [0.15, 0.2) is 72.8 Å². The van der Waals surface area contributed by atoms with E-state index in [1.807, 2.05) is 40.1 Å². The Hall–Kier alpha value is -3.91. The first-order valence-corrected chi connectivity index (χ1v) is 14.2. The number of hydrogen-bond acceptors (Lipinski definition) is 5. The van der Waals surface area contributed by atoms with Crippen molar-refractivity contribution in [3.63, 3.8) is 0 Å². The number of ether oxygens (including phenoxy) is 1. The van der Waals surface area contributed by atoms with Crippen molar-refractivity contribution in [3.05, 3.63) is 90.0 Å². The molecule has 4 aromatic rings. The predicted octanol–water partition coefficient (Wildman–Crippen LogP) is 4.79. The molecule has 3 aromatic carbocycles. The van der Waals surface area contributed by atoms with E-state index in [0.717, 1.165) is 61.6 Å². The minimum absolute atomic E-state index is 0.0503. The average molecular weight is 542 g/mol. The van der Waals surface area contributed by atoms with Crippen molar-refractivity contribution in [1.29, 1.82) is 0 Å². The number of likely N-dealkylation sites (tertiary alicyclic amines) is 1. The maximum absolute atomic E-state index is 14.2. The van der Waals surface area contributed by atoms with E-state index in [2.05, 4.69) is 39.8 Å². The maximum Gasteiger partial charge on any atom is 0.225 e. The van der Waals surface area contributed by atoms with E-state index < -0.39 is 0 Å². The number of nitrogens with zero attached hydrogens (tertiary/aromatic N) is 5. The number of piperidine rings is 1. The molecule has 1 amide bonds. The molecule has 0 unspecified atom stereocenters. The highest BCUT2D eigenvalue weighted by molar-refractivity contribution is 5.79. The molecular formula is C32H36FN5O2. The van der Waals surface area contributed by atoms with Crippen LogP contribution in [0, 0.1) is 11.7 Å². The van der Waals surface area contributed by atoms with E-state index in [1.54, 1.807) is 13.2 Å². The van der Waals surface area contributed by atoms with Crippen molar-refractivity contribution in [2.75, 3.05) is 51.3 Å². The number of carbonyl (C=O) groups is 1. The van der Waals surface area contributed by atoms with Gasteiger partial charge in [-0.05, 0) is 67.9 Å². The molecule has 2 aliphatic heterocycles. The molecule has 0 aliphatic carbocycles. The molecule has 7 nitrogen and oxygen atoms in total. The lowest BCUT2D eigenvalue weighted by Gasteiger charge is -2.39. The fraction of sp³-hybridized carbons (Fsp3) is 0.375. The Morgan fingerprint density at radius 2 is 1.57 bits per heavy atom. The molecule has 2 fully saturated rings. The maximum atomic E-state index is 14.2. The number of anilines is 1. The van der Waals surface area contributed by atoms with Crippen LogP contribution >= 0.6 is 0 Å². The smallest absolute Gasteiger partial charge is 0.225 e. The molecular weight excluding hydrogens is 505 g/mol. The first-order valence-electron chi connectivity index (χ1n) is 14.2. The van der Waals surface area contributed by atoms with Crippen LogP contribution in [0.5, 0.6) is 5.75 Å². The highest BCUT2D eigenvalue weighted by atomic mass is 19.1. The van der Waals surface area contributed by atoms with Crippen LogP contribution in [-0.2, 0) is 17.9 Å². The van der Waals surface area contributed by atoms with Crippen LogP contribution < -0.4 is 9.64 Å². The second-order valence-corrected chi connectivity index (χ2v) is 10.8. The van der Waals surface area contributed by atoms with Crippen molar-refractivity contribution in [2.45, 2.75) is 25.9 Å². The van der Waals surface area contributed by atoms with Gasteiger partial charge in [0.1, 0.15) is 17.4 Å². The Morgan fingerprint density at radius 1 is 0.875 bits per heavy atom. The normalized spacial score (nSPS) is 16.9.